The Kier molecular flexibility index (Phi) is 7.19. The van der Waals surface area contributed by atoms with Crippen LogP contribution < -0.4 is 4.90 Å². The Labute approximate surface area is 171 Å². The highest BCUT2D eigenvalue weighted by Crippen LogP contribution is 2.33. The largest absolute Gasteiger partial charge is 0.393 e. The van der Waals surface area contributed by atoms with Crippen LogP contribution >= 0.6 is 0 Å². The van der Waals surface area contributed by atoms with Gasteiger partial charge in [0.25, 0.3) is 0 Å². The zero-order valence-corrected chi connectivity index (χ0v) is 18.2. The number of morpholine rings is 1. The van der Waals surface area contributed by atoms with E-state index in [1.807, 2.05) is 0 Å². The molecular weight excluding hydrogens is 348 g/mol. The molecule has 2 fully saturated rings. The van der Waals surface area contributed by atoms with Gasteiger partial charge in [0.2, 0.25) is 0 Å². The van der Waals surface area contributed by atoms with Gasteiger partial charge in [0.15, 0.2) is 0 Å². The zero-order chi connectivity index (χ0) is 20.1. The summed E-state index contributed by atoms with van der Waals surface area (Å²) in [5.41, 5.74) is 4.16. The molecule has 0 aliphatic carbocycles. The lowest BCUT2D eigenvalue weighted by Crippen LogP contribution is -2.44. The fourth-order valence-electron chi connectivity index (χ4n) is 4.48. The standard InChI is InChI=1S/C24H38N2O2/c1-19(2)17-22(25-11-9-23(27)10-12-25)18-24(3,4)20-5-7-21(8-6-20)26-13-15-28-16-14-26/h5-8,17,22-23,27H,9-16,18H2,1-4H3. The zero-order valence-electron chi connectivity index (χ0n) is 18.2. The monoisotopic (exact) mass is 386 g/mol. The van der Waals surface area contributed by atoms with Gasteiger partial charge in [-0.05, 0) is 56.2 Å². The van der Waals surface area contributed by atoms with Gasteiger partial charge in [-0.3, -0.25) is 4.90 Å². The van der Waals surface area contributed by atoms with Crippen molar-refractivity contribution in [1.29, 1.82) is 0 Å². The molecule has 2 aliphatic rings. The molecule has 0 bridgehead atoms. The fourth-order valence-corrected chi connectivity index (χ4v) is 4.48. The Morgan fingerprint density at radius 1 is 1.11 bits per heavy atom. The maximum absolute atomic E-state index is 9.88. The molecule has 1 atom stereocenters. The SMILES string of the molecule is CC(C)=CC(CC(C)(C)c1ccc(N2CCOCC2)cc1)N1CCC(O)CC1. The van der Waals surface area contributed by atoms with Crippen LogP contribution in [0, 0.1) is 0 Å². The van der Waals surface area contributed by atoms with Crippen molar-refractivity contribution in [2.24, 2.45) is 0 Å². The lowest BCUT2D eigenvalue weighted by Gasteiger charge is -2.39. The summed E-state index contributed by atoms with van der Waals surface area (Å²) in [6.07, 6.45) is 5.17. The van der Waals surface area contributed by atoms with E-state index in [1.165, 1.54) is 16.8 Å². The quantitative estimate of drug-likeness (QED) is 0.750. The van der Waals surface area contributed by atoms with Crippen LogP contribution in [0.4, 0.5) is 5.69 Å². The lowest BCUT2D eigenvalue weighted by molar-refractivity contribution is 0.0645. The summed E-state index contributed by atoms with van der Waals surface area (Å²) >= 11 is 0. The summed E-state index contributed by atoms with van der Waals surface area (Å²) in [5.74, 6) is 0. The van der Waals surface area contributed by atoms with E-state index in [0.29, 0.717) is 6.04 Å². The molecule has 0 radical (unpaired) electrons. The number of nitrogens with zero attached hydrogens (tertiary/aromatic N) is 2. The van der Waals surface area contributed by atoms with Crippen molar-refractivity contribution < 1.29 is 9.84 Å². The van der Waals surface area contributed by atoms with Crippen molar-refractivity contribution in [2.45, 2.75) is 64.5 Å². The molecule has 2 heterocycles. The highest BCUT2D eigenvalue weighted by atomic mass is 16.5. The van der Waals surface area contributed by atoms with Crippen LogP contribution in [0.25, 0.3) is 0 Å². The van der Waals surface area contributed by atoms with Gasteiger partial charge in [-0.2, -0.15) is 0 Å². The number of hydrogen-bond donors (Lipinski definition) is 1. The Hall–Kier alpha value is -1.36. The van der Waals surface area contributed by atoms with E-state index in [4.69, 9.17) is 4.74 Å². The van der Waals surface area contributed by atoms with Crippen molar-refractivity contribution in [3.63, 3.8) is 0 Å². The molecule has 0 aromatic heterocycles. The summed E-state index contributed by atoms with van der Waals surface area (Å²) in [6, 6.07) is 9.59. The van der Waals surface area contributed by atoms with Gasteiger partial charge in [0.05, 0.1) is 19.3 Å². The number of aliphatic hydroxyl groups excluding tert-OH is 1. The third-order valence-electron chi connectivity index (χ3n) is 6.24. The predicted molar refractivity (Wildman–Crippen MR) is 117 cm³/mol. The number of rotatable bonds is 6. The first-order chi connectivity index (χ1) is 13.3. The third-order valence-corrected chi connectivity index (χ3v) is 6.24. The van der Waals surface area contributed by atoms with Gasteiger partial charge >= 0.3 is 0 Å². The predicted octanol–water partition coefficient (Wildman–Crippen LogP) is 3.98. The minimum Gasteiger partial charge on any atom is -0.393 e. The number of ether oxygens (including phenoxy) is 1. The maximum atomic E-state index is 9.88. The first-order valence-corrected chi connectivity index (χ1v) is 10.9. The molecule has 0 amide bonds. The van der Waals surface area contributed by atoms with E-state index in [1.54, 1.807) is 0 Å². The van der Waals surface area contributed by atoms with E-state index >= 15 is 0 Å². The first kappa shape index (κ1) is 21.4. The van der Waals surface area contributed by atoms with Crippen LogP contribution in [0.2, 0.25) is 0 Å². The van der Waals surface area contributed by atoms with E-state index in [-0.39, 0.29) is 11.5 Å². The number of hydrogen-bond acceptors (Lipinski definition) is 4. The van der Waals surface area contributed by atoms with Gasteiger partial charge in [0, 0.05) is 37.9 Å². The summed E-state index contributed by atoms with van der Waals surface area (Å²) < 4.78 is 5.47. The van der Waals surface area contributed by atoms with Gasteiger partial charge < -0.3 is 14.7 Å². The highest BCUT2D eigenvalue weighted by molar-refractivity contribution is 5.49. The van der Waals surface area contributed by atoms with Crippen LogP contribution in [0.3, 0.4) is 0 Å². The minimum atomic E-state index is -0.121. The second-order valence-electron chi connectivity index (χ2n) is 9.31. The van der Waals surface area contributed by atoms with Gasteiger partial charge in [-0.1, -0.05) is 37.6 Å². The topological polar surface area (TPSA) is 35.9 Å². The molecule has 2 saturated heterocycles. The molecule has 28 heavy (non-hydrogen) atoms. The molecule has 1 aromatic rings. The van der Waals surface area contributed by atoms with Crippen LogP contribution in [-0.2, 0) is 10.2 Å². The van der Waals surface area contributed by atoms with Crippen molar-refractivity contribution >= 4 is 5.69 Å². The lowest BCUT2D eigenvalue weighted by atomic mass is 9.78. The molecular formula is C24H38N2O2. The van der Waals surface area contributed by atoms with E-state index < -0.39 is 0 Å². The molecule has 1 unspecified atom stereocenters. The Morgan fingerprint density at radius 2 is 1.71 bits per heavy atom. The fraction of sp³-hybridized carbons (Fsp3) is 0.667. The number of benzene rings is 1. The summed E-state index contributed by atoms with van der Waals surface area (Å²) in [5, 5.41) is 9.88. The van der Waals surface area contributed by atoms with E-state index in [2.05, 4.69) is 67.8 Å². The number of anilines is 1. The maximum Gasteiger partial charge on any atom is 0.0642 e. The second-order valence-corrected chi connectivity index (χ2v) is 9.31. The average Bonchev–Trinajstić information content (AvgIpc) is 2.68. The molecule has 3 rings (SSSR count). The van der Waals surface area contributed by atoms with Crippen molar-refractivity contribution in [3.05, 3.63) is 41.5 Å². The van der Waals surface area contributed by atoms with Gasteiger partial charge in [-0.25, -0.2) is 0 Å². The van der Waals surface area contributed by atoms with Gasteiger partial charge in [0.1, 0.15) is 0 Å². The molecule has 2 aliphatic heterocycles. The molecule has 0 saturated carbocycles. The molecule has 156 valence electrons. The summed E-state index contributed by atoms with van der Waals surface area (Å²) in [4.78, 5) is 4.97. The molecule has 4 heteroatoms. The molecule has 1 N–H and O–H groups in total. The van der Waals surface area contributed by atoms with Crippen LogP contribution in [0.1, 0.15) is 52.5 Å². The normalized spacial score (nSPS) is 20.8. The number of piperidine rings is 1. The highest BCUT2D eigenvalue weighted by Gasteiger charge is 2.30. The Balaban J connectivity index is 1.71. The van der Waals surface area contributed by atoms with Crippen molar-refractivity contribution in [2.75, 3.05) is 44.3 Å². The third kappa shape index (κ3) is 5.59. The summed E-state index contributed by atoms with van der Waals surface area (Å²) in [7, 11) is 0. The molecule has 1 aromatic carbocycles. The smallest absolute Gasteiger partial charge is 0.0642 e. The minimum absolute atomic E-state index is 0.0935. The molecule has 4 nitrogen and oxygen atoms in total. The van der Waals surface area contributed by atoms with Crippen LogP contribution in [-0.4, -0.2) is 61.5 Å². The van der Waals surface area contributed by atoms with Gasteiger partial charge in [-0.15, -0.1) is 0 Å². The second kappa shape index (κ2) is 9.43. The average molecular weight is 387 g/mol. The van der Waals surface area contributed by atoms with Crippen molar-refractivity contribution in [3.8, 4) is 0 Å². The Bertz CT molecular complexity index is 635. The number of likely N-dealkylation sites (tertiary alicyclic amines) is 1. The molecule has 0 spiro atoms. The summed E-state index contributed by atoms with van der Waals surface area (Å²) in [6.45, 7) is 14.7. The van der Waals surface area contributed by atoms with Crippen LogP contribution in [0.5, 0.6) is 0 Å². The van der Waals surface area contributed by atoms with Crippen molar-refractivity contribution in [1.82, 2.24) is 4.90 Å². The number of allylic oxidation sites excluding steroid dienone is 1. The first-order valence-electron chi connectivity index (χ1n) is 10.9. The van der Waals surface area contributed by atoms with Crippen LogP contribution in [0.15, 0.2) is 35.9 Å². The number of aliphatic hydroxyl groups is 1. The van der Waals surface area contributed by atoms with E-state index in [0.717, 1.165) is 58.7 Å². The van der Waals surface area contributed by atoms with E-state index in [9.17, 15) is 5.11 Å². The Morgan fingerprint density at radius 3 is 2.29 bits per heavy atom.